The SMILES string of the molecule is CC(C)(C)c1cc(CCCNC(=O)Cn2cccc(O)c2=O)cc(C(C)(C)C)c1O. The molecular weight excluding hydrogens is 380 g/mol. The third kappa shape index (κ3) is 5.88. The number of hydrogen-bond acceptors (Lipinski definition) is 4. The summed E-state index contributed by atoms with van der Waals surface area (Å²) in [6, 6.07) is 6.93. The second-order valence-corrected chi connectivity index (χ2v) is 9.82. The Morgan fingerprint density at radius 1 is 1.03 bits per heavy atom. The molecule has 2 aromatic rings. The molecule has 6 nitrogen and oxygen atoms in total. The molecule has 0 radical (unpaired) electrons. The first-order valence-corrected chi connectivity index (χ1v) is 10.3. The van der Waals surface area contributed by atoms with Crippen LogP contribution in [0.3, 0.4) is 0 Å². The fourth-order valence-corrected chi connectivity index (χ4v) is 3.36. The van der Waals surface area contributed by atoms with Gasteiger partial charge in [-0.05, 0) is 52.5 Å². The van der Waals surface area contributed by atoms with E-state index in [1.54, 1.807) is 0 Å². The number of benzene rings is 1. The normalized spacial score (nSPS) is 12.1. The number of phenols is 1. The van der Waals surface area contributed by atoms with Crippen molar-refractivity contribution in [2.45, 2.75) is 71.8 Å². The fraction of sp³-hybridized carbons (Fsp3) is 0.500. The summed E-state index contributed by atoms with van der Waals surface area (Å²) in [5.74, 6) is -0.287. The molecule has 1 amide bonds. The van der Waals surface area contributed by atoms with Crippen LogP contribution in [0.25, 0.3) is 0 Å². The van der Waals surface area contributed by atoms with E-state index in [2.05, 4.69) is 59.0 Å². The highest BCUT2D eigenvalue weighted by atomic mass is 16.3. The maximum atomic E-state index is 12.1. The van der Waals surface area contributed by atoms with Crippen LogP contribution >= 0.6 is 0 Å². The van der Waals surface area contributed by atoms with Crippen molar-refractivity contribution in [1.82, 2.24) is 9.88 Å². The Balaban J connectivity index is 2.03. The topological polar surface area (TPSA) is 91.6 Å². The first kappa shape index (κ1) is 23.5. The van der Waals surface area contributed by atoms with Gasteiger partial charge in [-0.3, -0.25) is 9.59 Å². The zero-order valence-electron chi connectivity index (χ0n) is 18.9. The Morgan fingerprint density at radius 2 is 1.60 bits per heavy atom. The molecule has 0 atom stereocenters. The molecule has 0 bridgehead atoms. The maximum Gasteiger partial charge on any atom is 0.293 e. The van der Waals surface area contributed by atoms with Crippen LogP contribution in [0.5, 0.6) is 11.5 Å². The van der Waals surface area contributed by atoms with Crippen molar-refractivity contribution in [3.63, 3.8) is 0 Å². The summed E-state index contributed by atoms with van der Waals surface area (Å²) in [5.41, 5.74) is 2.04. The molecule has 1 aromatic carbocycles. The van der Waals surface area contributed by atoms with E-state index in [4.69, 9.17) is 0 Å². The lowest BCUT2D eigenvalue weighted by molar-refractivity contribution is -0.121. The van der Waals surface area contributed by atoms with Crippen LogP contribution in [-0.4, -0.2) is 27.2 Å². The van der Waals surface area contributed by atoms with Crippen molar-refractivity contribution in [2.75, 3.05) is 6.54 Å². The summed E-state index contributed by atoms with van der Waals surface area (Å²) in [4.78, 5) is 23.9. The lowest BCUT2D eigenvalue weighted by Gasteiger charge is -2.28. The van der Waals surface area contributed by atoms with Crippen molar-refractivity contribution in [3.05, 3.63) is 57.5 Å². The Labute approximate surface area is 178 Å². The molecule has 0 aliphatic rings. The number of carbonyl (C=O) groups is 1. The number of carbonyl (C=O) groups excluding carboxylic acids is 1. The summed E-state index contributed by atoms with van der Waals surface area (Å²) >= 11 is 0. The molecule has 0 spiro atoms. The lowest BCUT2D eigenvalue weighted by atomic mass is 9.78. The van der Waals surface area contributed by atoms with Crippen LogP contribution in [0.1, 0.15) is 64.7 Å². The largest absolute Gasteiger partial charge is 0.507 e. The summed E-state index contributed by atoms with van der Waals surface area (Å²) in [5, 5.41) is 23.1. The third-order valence-electron chi connectivity index (χ3n) is 5.06. The van der Waals surface area contributed by atoms with Crippen LogP contribution in [0.4, 0.5) is 0 Å². The Morgan fingerprint density at radius 3 is 2.13 bits per heavy atom. The summed E-state index contributed by atoms with van der Waals surface area (Å²) in [7, 11) is 0. The van der Waals surface area contributed by atoms with Gasteiger partial charge in [-0.25, -0.2) is 0 Å². The van der Waals surface area contributed by atoms with Gasteiger partial charge in [-0.2, -0.15) is 0 Å². The fourth-order valence-electron chi connectivity index (χ4n) is 3.36. The summed E-state index contributed by atoms with van der Waals surface area (Å²) in [6.07, 6.45) is 2.97. The molecule has 0 saturated carbocycles. The minimum Gasteiger partial charge on any atom is -0.507 e. The van der Waals surface area contributed by atoms with Crippen LogP contribution in [0.2, 0.25) is 0 Å². The third-order valence-corrected chi connectivity index (χ3v) is 5.06. The van der Waals surface area contributed by atoms with Gasteiger partial charge >= 0.3 is 0 Å². The van der Waals surface area contributed by atoms with Gasteiger partial charge in [0.2, 0.25) is 5.91 Å². The molecule has 2 rings (SSSR count). The summed E-state index contributed by atoms with van der Waals surface area (Å²) in [6.45, 7) is 12.9. The number of amides is 1. The monoisotopic (exact) mass is 414 g/mol. The number of hydrogen-bond donors (Lipinski definition) is 3. The molecule has 6 heteroatoms. The molecule has 0 saturated heterocycles. The first-order chi connectivity index (χ1) is 13.8. The quantitative estimate of drug-likeness (QED) is 0.630. The Hall–Kier alpha value is -2.76. The Bertz CT molecular complexity index is 927. The van der Waals surface area contributed by atoms with Crippen molar-refractivity contribution in [1.29, 1.82) is 0 Å². The standard InChI is InChI=1S/C24H34N2O4/c1-23(2,3)17-13-16(14-18(21(17)29)24(4,5)6)9-7-11-25-20(28)15-26-12-8-10-19(27)22(26)30/h8,10,12-14,27,29H,7,9,11,15H2,1-6H3,(H,25,28). The predicted octanol–water partition coefficient (Wildman–Crippen LogP) is 3.60. The van der Waals surface area contributed by atoms with E-state index in [1.807, 2.05) is 0 Å². The lowest BCUT2D eigenvalue weighted by Crippen LogP contribution is -2.32. The highest BCUT2D eigenvalue weighted by Gasteiger charge is 2.26. The zero-order valence-corrected chi connectivity index (χ0v) is 18.9. The molecule has 30 heavy (non-hydrogen) atoms. The number of phenolic OH excluding ortho intramolecular Hbond substituents is 1. The van der Waals surface area contributed by atoms with E-state index >= 15 is 0 Å². The molecule has 0 aliphatic carbocycles. The second kappa shape index (κ2) is 8.94. The minimum atomic E-state index is -0.582. The van der Waals surface area contributed by atoms with Gasteiger partial charge in [0, 0.05) is 12.7 Å². The van der Waals surface area contributed by atoms with Gasteiger partial charge in [0.05, 0.1) is 0 Å². The van der Waals surface area contributed by atoms with E-state index in [0.717, 1.165) is 29.5 Å². The van der Waals surface area contributed by atoms with Crippen LogP contribution < -0.4 is 10.9 Å². The van der Waals surface area contributed by atoms with Crippen LogP contribution in [-0.2, 0) is 28.6 Å². The highest BCUT2D eigenvalue weighted by molar-refractivity contribution is 5.75. The van der Waals surface area contributed by atoms with Crippen molar-refractivity contribution < 1.29 is 15.0 Å². The number of nitrogens with zero attached hydrogens (tertiary/aromatic N) is 1. The smallest absolute Gasteiger partial charge is 0.293 e. The van der Waals surface area contributed by atoms with Gasteiger partial charge < -0.3 is 20.1 Å². The molecule has 0 fully saturated rings. The first-order valence-electron chi connectivity index (χ1n) is 10.3. The number of nitrogens with one attached hydrogen (secondary N) is 1. The van der Waals surface area contributed by atoms with E-state index in [-0.39, 0.29) is 29.0 Å². The zero-order chi connectivity index (χ0) is 22.7. The maximum absolute atomic E-state index is 12.1. The van der Waals surface area contributed by atoms with Crippen molar-refractivity contribution in [2.24, 2.45) is 0 Å². The summed E-state index contributed by atoms with van der Waals surface area (Å²) < 4.78 is 1.18. The molecule has 1 heterocycles. The van der Waals surface area contributed by atoms with Gasteiger partial charge in [-0.1, -0.05) is 53.7 Å². The minimum absolute atomic E-state index is 0.130. The number of aromatic nitrogens is 1. The van der Waals surface area contributed by atoms with Gasteiger partial charge in [0.1, 0.15) is 12.3 Å². The molecule has 0 aliphatic heterocycles. The number of aromatic hydroxyl groups is 2. The predicted molar refractivity (Wildman–Crippen MR) is 119 cm³/mol. The van der Waals surface area contributed by atoms with E-state index in [0.29, 0.717) is 12.3 Å². The number of rotatable bonds is 6. The average molecular weight is 415 g/mol. The Kier molecular flexibility index (Phi) is 7.01. The van der Waals surface area contributed by atoms with E-state index < -0.39 is 5.56 Å². The average Bonchev–Trinajstić information content (AvgIpc) is 2.61. The molecule has 1 aromatic heterocycles. The number of aryl methyl sites for hydroxylation is 1. The van der Waals surface area contributed by atoms with Crippen LogP contribution in [0, 0.1) is 0 Å². The second-order valence-electron chi connectivity index (χ2n) is 9.82. The van der Waals surface area contributed by atoms with Crippen molar-refractivity contribution >= 4 is 5.91 Å². The highest BCUT2D eigenvalue weighted by Crippen LogP contribution is 2.39. The molecule has 0 unspecified atom stereocenters. The molecule has 164 valence electrons. The van der Waals surface area contributed by atoms with E-state index in [1.165, 1.54) is 22.9 Å². The van der Waals surface area contributed by atoms with Gasteiger partial charge in [0.25, 0.3) is 5.56 Å². The van der Waals surface area contributed by atoms with Crippen LogP contribution in [0.15, 0.2) is 35.3 Å². The number of pyridine rings is 1. The van der Waals surface area contributed by atoms with E-state index in [9.17, 15) is 19.8 Å². The molecular formula is C24H34N2O4. The van der Waals surface area contributed by atoms with Gasteiger partial charge in [-0.15, -0.1) is 0 Å². The molecule has 3 N–H and O–H groups in total. The van der Waals surface area contributed by atoms with Gasteiger partial charge in [0.15, 0.2) is 5.75 Å². The van der Waals surface area contributed by atoms with Crippen molar-refractivity contribution in [3.8, 4) is 11.5 Å².